The van der Waals surface area contributed by atoms with Crippen molar-refractivity contribution >= 4 is 6.03 Å². The van der Waals surface area contributed by atoms with Gasteiger partial charge in [0.15, 0.2) is 0 Å². The number of fused-ring (bicyclic) bond motifs is 1. The van der Waals surface area contributed by atoms with E-state index in [0.29, 0.717) is 13.1 Å². The molecule has 2 aliphatic heterocycles. The molecule has 1 fully saturated rings. The number of carbonyl (C=O) groups is 1. The van der Waals surface area contributed by atoms with Crippen molar-refractivity contribution in [3.63, 3.8) is 0 Å². The normalized spacial score (nSPS) is 21.8. The van der Waals surface area contributed by atoms with Gasteiger partial charge in [0.2, 0.25) is 0 Å². The zero-order valence-electron chi connectivity index (χ0n) is 16.6. The lowest BCUT2D eigenvalue weighted by Gasteiger charge is -2.41. The molecule has 0 radical (unpaired) electrons. The summed E-state index contributed by atoms with van der Waals surface area (Å²) in [4.78, 5) is 17.6. The number of benzene rings is 2. The van der Waals surface area contributed by atoms with Crippen LogP contribution < -0.4 is 5.32 Å². The number of urea groups is 1. The molecule has 28 heavy (non-hydrogen) atoms. The van der Waals surface area contributed by atoms with Crippen molar-refractivity contribution in [3.8, 4) is 0 Å². The van der Waals surface area contributed by atoms with E-state index in [-0.39, 0.29) is 23.3 Å². The van der Waals surface area contributed by atoms with Gasteiger partial charge in [-0.2, -0.15) is 0 Å². The number of hydrogen-bond acceptors (Lipinski definition) is 2. The molecule has 2 aliphatic rings. The van der Waals surface area contributed by atoms with E-state index in [4.69, 9.17) is 0 Å². The second-order valence-electron chi connectivity index (χ2n) is 8.64. The summed E-state index contributed by atoms with van der Waals surface area (Å²) in [5.41, 5.74) is 3.39. The first-order chi connectivity index (χ1) is 13.4. The minimum Gasteiger partial charge on any atom is -0.323 e. The van der Waals surface area contributed by atoms with Crippen molar-refractivity contribution in [2.24, 2.45) is 5.41 Å². The molecular weight excluding hydrogens is 353 g/mol. The lowest BCUT2D eigenvalue weighted by atomic mass is 9.88. The van der Waals surface area contributed by atoms with Crippen LogP contribution in [0.5, 0.6) is 0 Å². The lowest BCUT2D eigenvalue weighted by Crippen LogP contribution is -2.50. The molecule has 0 aliphatic carbocycles. The van der Waals surface area contributed by atoms with Crippen LogP contribution in [0.4, 0.5) is 9.18 Å². The maximum absolute atomic E-state index is 13.6. The van der Waals surface area contributed by atoms with Crippen molar-refractivity contribution in [1.29, 1.82) is 0 Å². The van der Waals surface area contributed by atoms with Crippen LogP contribution in [-0.2, 0) is 6.42 Å². The highest BCUT2D eigenvalue weighted by molar-refractivity contribution is 5.76. The van der Waals surface area contributed by atoms with Gasteiger partial charge < -0.3 is 15.1 Å². The third kappa shape index (κ3) is 3.76. The summed E-state index contributed by atoms with van der Waals surface area (Å²) in [6.07, 6.45) is 0.842. The highest BCUT2D eigenvalue weighted by Gasteiger charge is 2.36. The molecule has 148 valence electrons. The number of nitrogens with one attached hydrogen (secondary N) is 1. The Bertz CT molecular complexity index is 849. The smallest absolute Gasteiger partial charge is 0.320 e. The third-order valence-electron chi connectivity index (χ3n) is 5.77. The number of halogens is 1. The van der Waals surface area contributed by atoms with E-state index < -0.39 is 0 Å². The van der Waals surface area contributed by atoms with Crippen LogP contribution in [0.15, 0.2) is 48.5 Å². The Kier molecular flexibility index (Phi) is 5.11. The van der Waals surface area contributed by atoms with Gasteiger partial charge in [-0.25, -0.2) is 9.18 Å². The molecule has 1 atom stereocenters. The molecule has 2 aromatic carbocycles. The van der Waals surface area contributed by atoms with Gasteiger partial charge in [-0.05, 0) is 40.7 Å². The van der Waals surface area contributed by atoms with E-state index >= 15 is 0 Å². The summed E-state index contributed by atoms with van der Waals surface area (Å²) >= 11 is 0. The molecular formula is C23H28FN3O. The lowest BCUT2D eigenvalue weighted by molar-refractivity contribution is 0.126. The minimum absolute atomic E-state index is 0.0330. The minimum atomic E-state index is -0.258. The second-order valence-corrected chi connectivity index (χ2v) is 8.64. The number of carbonyl (C=O) groups excluding carboxylic acids is 1. The standard InChI is InChI=1S/C23H28FN3O/c1-23(2)15-25-12-14-26(16-23)22(28)27-13-11-17-5-3-4-6-20(17)21(27)18-7-9-19(24)10-8-18/h3-10,21,25H,11-16H2,1-2H3/t21-/m0/s1. The van der Waals surface area contributed by atoms with E-state index in [9.17, 15) is 9.18 Å². The summed E-state index contributed by atoms with van der Waals surface area (Å²) in [5.74, 6) is -0.258. The highest BCUT2D eigenvalue weighted by Crippen LogP contribution is 2.36. The van der Waals surface area contributed by atoms with E-state index in [1.54, 1.807) is 12.1 Å². The molecule has 4 nitrogen and oxygen atoms in total. The molecule has 4 rings (SSSR count). The molecule has 2 heterocycles. The Morgan fingerprint density at radius 1 is 1.11 bits per heavy atom. The summed E-state index contributed by atoms with van der Waals surface area (Å²) in [6, 6.07) is 14.7. The number of amides is 2. The average Bonchev–Trinajstić information content (AvgIpc) is 2.88. The fraction of sp³-hybridized carbons (Fsp3) is 0.435. The van der Waals surface area contributed by atoms with E-state index in [1.165, 1.54) is 17.7 Å². The van der Waals surface area contributed by atoms with Crippen LogP contribution in [0.3, 0.4) is 0 Å². The van der Waals surface area contributed by atoms with Crippen LogP contribution >= 0.6 is 0 Å². The molecule has 5 heteroatoms. The fourth-order valence-electron chi connectivity index (χ4n) is 4.41. The predicted octanol–water partition coefficient (Wildman–Crippen LogP) is 3.82. The molecule has 2 amide bonds. The van der Waals surface area contributed by atoms with Gasteiger partial charge in [0.25, 0.3) is 0 Å². The molecule has 0 bridgehead atoms. The Morgan fingerprint density at radius 3 is 2.64 bits per heavy atom. The topological polar surface area (TPSA) is 35.6 Å². The summed E-state index contributed by atoms with van der Waals surface area (Å²) in [6.45, 7) is 8.19. The van der Waals surface area contributed by atoms with Crippen LogP contribution in [0.2, 0.25) is 0 Å². The molecule has 0 aromatic heterocycles. The van der Waals surface area contributed by atoms with Crippen molar-refractivity contribution < 1.29 is 9.18 Å². The first kappa shape index (κ1) is 18.9. The average molecular weight is 381 g/mol. The van der Waals surface area contributed by atoms with Crippen LogP contribution in [0, 0.1) is 11.2 Å². The monoisotopic (exact) mass is 381 g/mol. The molecule has 1 N–H and O–H groups in total. The maximum Gasteiger partial charge on any atom is 0.320 e. The molecule has 0 spiro atoms. The van der Waals surface area contributed by atoms with Crippen LogP contribution in [-0.4, -0.2) is 48.6 Å². The fourth-order valence-corrected chi connectivity index (χ4v) is 4.41. The van der Waals surface area contributed by atoms with Gasteiger partial charge in [0.1, 0.15) is 5.82 Å². The molecule has 0 saturated carbocycles. The first-order valence-electron chi connectivity index (χ1n) is 10.0. The van der Waals surface area contributed by atoms with Crippen LogP contribution in [0.1, 0.15) is 36.6 Å². The summed E-state index contributed by atoms with van der Waals surface area (Å²) < 4.78 is 13.5. The second kappa shape index (κ2) is 7.55. The van der Waals surface area contributed by atoms with Gasteiger partial charge in [0, 0.05) is 32.7 Å². The number of rotatable bonds is 1. The first-order valence-corrected chi connectivity index (χ1v) is 10.0. The SMILES string of the molecule is CC1(C)CNCCN(C(=O)N2CCc3ccccc3[C@@H]2c2ccc(F)cc2)C1. The predicted molar refractivity (Wildman–Crippen MR) is 109 cm³/mol. The van der Waals surface area contributed by atoms with Crippen molar-refractivity contribution in [2.45, 2.75) is 26.3 Å². The molecule has 1 saturated heterocycles. The third-order valence-corrected chi connectivity index (χ3v) is 5.77. The Balaban J connectivity index is 1.70. The summed E-state index contributed by atoms with van der Waals surface area (Å²) in [7, 11) is 0. The van der Waals surface area contributed by atoms with Crippen molar-refractivity contribution in [3.05, 3.63) is 71.0 Å². The molecule has 0 unspecified atom stereocenters. The molecule has 2 aromatic rings. The van der Waals surface area contributed by atoms with Gasteiger partial charge >= 0.3 is 6.03 Å². The van der Waals surface area contributed by atoms with Gasteiger partial charge in [0.05, 0.1) is 6.04 Å². The number of hydrogen-bond donors (Lipinski definition) is 1. The van der Waals surface area contributed by atoms with Gasteiger partial charge in [-0.15, -0.1) is 0 Å². The van der Waals surface area contributed by atoms with Gasteiger partial charge in [-0.3, -0.25) is 0 Å². The Morgan fingerprint density at radius 2 is 1.86 bits per heavy atom. The highest BCUT2D eigenvalue weighted by atomic mass is 19.1. The maximum atomic E-state index is 13.6. The quantitative estimate of drug-likeness (QED) is 0.815. The van der Waals surface area contributed by atoms with Crippen LogP contribution in [0.25, 0.3) is 0 Å². The number of nitrogens with zero attached hydrogens (tertiary/aromatic N) is 2. The van der Waals surface area contributed by atoms with E-state index in [0.717, 1.165) is 37.2 Å². The van der Waals surface area contributed by atoms with E-state index in [2.05, 4.69) is 31.3 Å². The van der Waals surface area contributed by atoms with Crippen molar-refractivity contribution in [1.82, 2.24) is 15.1 Å². The zero-order chi connectivity index (χ0) is 19.7. The van der Waals surface area contributed by atoms with E-state index in [1.807, 2.05) is 21.9 Å². The zero-order valence-corrected chi connectivity index (χ0v) is 16.6. The Hall–Kier alpha value is -2.40. The van der Waals surface area contributed by atoms with Crippen molar-refractivity contribution in [2.75, 3.05) is 32.7 Å². The Labute approximate surface area is 166 Å². The largest absolute Gasteiger partial charge is 0.323 e. The summed E-state index contributed by atoms with van der Waals surface area (Å²) in [5, 5.41) is 3.44. The van der Waals surface area contributed by atoms with Gasteiger partial charge in [-0.1, -0.05) is 50.2 Å².